The topological polar surface area (TPSA) is 17.1 Å². The van der Waals surface area contributed by atoms with Gasteiger partial charge in [0.25, 0.3) is 0 Å². The first-order valence-electron chi connectivity index (χ1n) is 4.71. The van der Waals surface area contributed by atoms with Crippen LogP contribution in [0.3, 0.4) is 0 Å². The van der Waals surface area contributed by atoms with E-state index in [0.29, 0.717) is 0 Å². The van der Waals surface area contributed by atoms with Crippen molar-refractivity contribution in [2.45, 2.75) is 39.5 Å². The van der Waals surface area contributed by atoms with Gasteiger partial charge in [0, 0.05) is 5.41 Å². The Bertz CT molecular complexity index is 224. The van der Waals surface area contributed by atoms with Gasteiger partial charge in [-0.25, -0.2) is 0 Å². The summed E-state index contributed by atoms with van der Waals surface area (Å²) in [6.45, 7) is 4.41. The van der Waals surface area contributed by atoms with Crippen LogP contribution >= 0.6 is 11.6 Å². The average molecular weight is 187 g/mol. The van der Waals surface area contributed by atoms with E-state index in [2.05, 4.69) is 13.8 Å². The second kappa shape index (κ2) is 2.25. The molecule has 0 aliphatic heterocycles. The molecule has 2 fully saturated rings. The molecule has 2 aliphatic rings. The zero-order valence-electron chi connectivity index (χ0n) is 7.69. The van der Waals surface area contributed by atoms with Gasteiger partial charge in [0.05, 0.1) is 0 Å². The van der Waals surface area contributed by atoms with E-state index in [0.717, 1.165) is 18.8 Å². The molecule has 0 aromatic rings. The van der Waals surface area contributed by atoms with Crippen molar-refractivity contribution >= 4 is 16.8 Å². The van der Waals surface area contributed by atoms with Crippen molar-refractivity contribution in [1.82, 2.24) is 0 Å². The Kier molecular flexibility index (Phi) is 1.61. The molecule has 0 spiro atoms. The fourth-order valence-corrected chi connectivity index (χ4v) is 3.75. The molecular weight excluding hydrogens is 172 g/mol. The molecule has 2 bridgehead atoms. The summed E-state index contributed by atoms with van der Waals surface area (Å²) in [6.07, 6.45) is 4.44. The van der Waals surface area contributed by atoms with Gasteiger partial charge in [0.2, 0.25) is 5.24 Å². The molecule has 0 unspecified atom stereocenters. The highest BCUT2D eigenvalue weighted by molar-refractivity contribution is 6.64. The Hall–Kier alpha value is -0.0400. The van der Waals surface area contributed by atoms with Crippen molar-refractivity contribution in [3.05, 3.63) is 0 Å². The SMILES string of the molecule is CC1(C)C2CCC1(C(=O)Cl)CC2. The third-order valence-electron chi connectivity index (χ3n) is 4.47. The van der Waals surface area contributed by atoms with E-state index in [1.165, 1.54) is 12.8 Å². The van der Waals surface area contributed by atoms with Crippen LogP contribution in [0, 0.1) is 16.7 Å². The molecule has 0 heterocycles. The molecule has 0 saturated heterocycles. The zero-order chi connectivity index (χ0) is 8.98. The quantitative estimate of drug-likeness (QED) is 0.576. The largest absolute Gasteiger partial charge is 0.281 e. The summed E-state index contributed by atoms with van der Waals surface area (Å²) in [6, 6.07) is 0. The van der Waals surface area contributed by atoms with Crippen LogP contribution in [0.2, 0.25) is 0 Å². The molecule has 0 aromatic carbocycles. The van der Waals surface area contributed by atoms with Gasteiger partial charge in [-0.1, -0.05) is 13.8 Å². The first kappa shape index (κ1) is 8.55. The molecule has 0 aromatic heterocycles. The minimum absolute atomic E-state index is 0.0903. The normalized spacial score (nSPS) is 43.4. The van der Waals surface area contributed by atoms with E-state index in [9.17, 15) is 4.79 Å². The van der Waals surface area contributed by atoms with Gasteiger partial charge in [0.15, 0.2) is 0 Å². The van der Waals surface area contributed by atoms with E-state index < -0.39 is 0 Å². The summed E-state index contributed by atoms with van der Waals surface area (Å²) in [5.41, 5.74) is -0.00887. The van der Waals surface area contributed by atoms with Crippen molar-refractivity contribution < 1.29 is 4.79 Å². The molecule has 2 saturated carbocycles. The molecule has 0 radical (unpaired) electrons. The Morgan fingerprint density at radius 1 is 1.33 bits per heavy atom. The minimum Gasteiger partial charge on any atom is -0.281 e. The molecule has 12 heavy (non-hydrogen) atoms. The number of carbonyl (C=O) groups is 1. The van der Waals surface area contributed by atoms with Crippen LogP contribution in [0.15, 0.2) is 0 Å². The number of carbonyl (C=O) groups excluding carboxylic acids is 1. The molecule has 0 N–H and O–H groups in total. The molecule has 0 atom stereocenters. The smallest absolute Gasteiger partial charge is 0.228 e. The van der Waals surface area contributed by atoms with Gasteiger partial charge >= 0.3 is 0 Å². The van der Waals surface area contributed by atoms with Crippen LogP contribution < -0.4 is 0 Å². The highest BCUT2D eigenvalue weighted by atomic mass is 35.5. The lowest BCUT2D eigenvalue weighted by Crippen LogP contribution is -2.35. The van der Waals surface area contributed by atoms with Gasteiger partial charge in [-0.2, -0.15) is 0 Å². The van der Waals surface area contributed by atoms with Crippen LogP contribution in [0.4, 0.5) is 0 Å². The van der Waals surface area contributed by atoms with Crippen molar-refractivity contribution in [1.29, 1.82) is 0 Å². The van der Waals surface area contributed by atoms with E-state index >= 15 is 0 Å². The summed E-state index contributed by atoms with van der Waals surface area (Å²) >= 11 is 5.71. The maximum atomic E-state index is 11.4. The average Bonchev–Trinajstić information content (AvgIpc) is 2.40. The Morgan fingerprint density at radius 3 is 2.00 bits per heavy atom. The van der Waals surface area contributed by atoms with Crippen molar-refractivity contribution in [2.24, 2.45) is 16.7 Å². The molecule has 2 heteroatoms. The third kappa shape index (κ3) is 0.736. The molecule has 1 nitrogen and oxygen atoms in total. The molecule has 68 valence electrons. The zero-order valence-corrected chi connectivity index (χ0v) is 8.45. The lowest BCUT2D eigenvalue weighted by molar-refractivity contribution is -0.124. The predicted octanol–water partition coefficient (Wildman–Crippen LogP) is 2.97. The van der Waals surface area contributed by atoms with Crippen molar-refractivity contribution in [3.63, 3.8) is 0 Å². The maximum absolute atomic E-state index is 11.4. The molecular formula is C10H15ClO. The van der Waals surface area contributed by atoms with E-state index in [1.54, 1.807) is 0 Å². The molecule has 2 aliphatic carbocycles. The predicted molar refractivity (Wildman–Crippen MR) is 49.0 cm³/mol. The standard InChI is InChI=1S/C10H15ClO/c1-9(2)7-3-5-10(9,6-4-7)8(11)12/h7H,3-6H2,1-2H3. The number of hydrogen-bond acceptors (Lipinski definition) is 1. The number of hydrogen-bond donors (Lipinski definition) is 0. The van der Waals surface area contributed by atoms with Crippen molar-refractivity contribution in [3.8, 4) is 0 Å². The lowest BCUT2D eigenvalue weighted by Gasteiger charge is -2.34. The Morgan fingerprint density at radius 2 is 1.83 bits per heavy atom. The lowest BCUT2D eigenvalue weighted by atomic mass is 9.70. The van der Waals surface area contributed by atoms with E-state index in [-0.39, 0.29) is 16.1 Å². The van der Waals surface area contributed by atoms with Gasteiger partial charge in [-0.15, -0.1) is 0 Å². The number of fused-ring (bicyclic) bond motifs is 2. The fraction of sp³-hybridized carbons (Fsp3) is 0.900. The summed E-state index contributed by atoms with van der Waals surface area (Å²) in [5.74, 6) is 0.736. The van der Waals surface area contributed by atoms with Crippen LogP contribution in [0.5, 0.6) is 0 Å². The summed E-state index contributed by atoms with van der Waals surface area (Å²) in [5, 5.41) is -0.0903. The molecule has 2 rings (SSSR count). The second-order valence-electron chi connectivity index (χ2n) is 4.85. The second-order valence-corrected chi connectivity index (χ2v) is 5.20. The Labute approximate surface area is 78.5 Å². The molecule has 0 amide bonds. The summed E-state index contributed by atoms with van der Waals surface area (Å²) < 4.78 is 0. The first-order chi connectivity index (χ1) is 5.51. The Balaban J connectivity index is 2.43. The van der Waals surface area contributed by atoms with Crippen LogP contribution in [-0.4, -0.2) is 5.24 Å². The summed E-state index contributed by atoms with van der Waals surface area (Å²) in [4.78, 5) is 11.4. The summed E-state index contributed by atoms with van der Waals surface area (Å²) in [7, 11) is 0. The number of halogens is 1. The van der Waals surface area contributed by atoms with E-state index in [1.807, 2.05) is 0 Å². The fourth-order valence-electron chi connectivity index (χ4n) is 3.32. The van der Waals surface area contributed by atoms with Crippen LogP contribution in [0.1, 0.15) is 39.5 Å². The van der Waals surface area contributed by atoms with Gasteiger partial charge in [-0.05, 0) is 48.6 Å². The number of rotatable bonds is 1. The third-order valence-corrected chi connectivity index (χ3v) is 4.83. The monoisotopic (exact) mass is 186 g/mol. The maximum Gasteiger partial charge on any atom is 0.228 e. The highest BCUT2D eigenvalue weighted by Crippen LogP contribution is 2.66. The highest BCUT2D eigenvalue weighted by Gasteiger charge is 2.62. The van der Waals surface area contributed by atoms with Crippen molar-refractivity contribution in [2.75, 3.05) is 0 Å². The van der Waals surface area contributed by atoms with Crippen LogP contribution in [-0.2, 0) is 4.79 Å². The van der Waals surface area contributed by atoms with Gasteiger partial charge in [-0.3, -0.25) is 4.79 Å². The first-order valence-corrected chi connectivity index (χ1v) is 5.08. The minimum atomic E-state index is -0.167. The van der Waals surface area contributed by atoms with E-state index in [4.69, 9.17) is 11.6 Å². The van der Waals surface area contributed by atoms with Crippen LogP contribution in [0.25, 0.3) is 0 Å². The van der Waals surface area contributed by atoms with Gasteiger partial charge in [0.1, 0.15) is 0 Å². The van der Waals surface area contributed by atoms with Gasteiger partial charge < -0.3 is 0 Å².